The fourth-order valence-corrected chi connectivity index (χ4v) is 5.93. The van der Waals surface area contributed by atoms with Crippen LogP contribution in [0, 0.1) is 6.92 Å². The van der Waals surface area contributed by atoms with Gasteiger partial charge in [-0.2, -0.15) is 0 Å². The number of hydrogen-bond acceptors (Lipinski definition) is 3. The molecule has 3 heterocycles. The first-order chi connectivity index (χ1) is 19.2. The molecule has 0 atom stereocenters. The highest BCUT2D eigenvalue weighted by atomic mass is 16.3. The predicted molar refractivity (Wildman–Crippen MR) is 161 cm³/mol. The third-order valence-electron chi connectivity index (χ3n) is 7.87. The number of rotatable bonds is 2. The molecule has 0 saturated heterocycles. The monoisotopic (exact) mass is 500 g/mol. The summed E-state index contributed by atoms with van der Waals surface area (Å²) in [5.41, 5.74) is 14.2. The van der Waals surface area contributed by atoms with Crippen LogP contribution in [0.5, 0.6) is 0 Å². The molecule has 0 fully saturated rings. The van der Waals surface area contributed by atoms with Crippen LogP contribution in [0.4, 0.5) is 11.4 Å². The smallest absolute Gasteiger partial charge is 0.145 e. The Labute approximate surface area is 226 Å². The number of aromatic nitrogens is 1. The molecule has 5 aromatic carbocycles. The van der Waals surface area contributed by atoms with Crippen molar-refractivity contribution in [1.82, 2.24) is 4.98 Å². The number of furan rings is 1. The summed E-state index contributed by atoms with van der Waals surface area (Å²) >= 11 is 0. The highest BCUT2D eigenvalue weighted by molar-refractivity contribution is 6.14. The molecule has 0 aliphatic carbocycles. The van der Waals surface area contributed by atoms with Gasteiger partial charge in [-0.1, -0.05) is 60.7 Å². The van der Waals surface area contributed by atoms with Crippen LogP contribution in [-0.2, 0) is 0 Å². The normalized spacial score (nSPS) is 11.9. The molecular formula is C36H24N2O. The Hall–Kier alpha value is -5.15. The van der Waals surface area contributed by atoms with Crippen molar-refractivity contribution in [3.8, 4) is 44.6 Å². The number of hydrogen-bond donors (Lipinski definition) is 1. The maximum Gasteiger partial charge on any atom is 0.145 e. The molecule has 3 heteroatoms. The van der Waals surface area contributed by atoms with Crippen molar-refractivity contribution in [3.05, 3.63) is 127 Å². The highest BCUT2D eigenvalue weighted by Gasteiger charge is 2.24. The van der Waals surface area contributed by atoms with E-state index in [0.29, 0.717) is 0 Å². The number of pyridine rings is 1. The van der Waals surface area contributed by atoms with E-state index in [1.54, 1.807) is 0 Å². The first-order valence-electron chi connectivity index (χ1n) is 13.2. The summed E-state index contributed by atoms with van der Waals surface area (Å²) in [6.07, 6.45) is 1.85. The Bertz CT molecular complexity index is 2040. The molecule has 2 bridgehead atoms. The lowest BCUT2D eigenvalue weighted by atomic mass is 9.85. The third-order valence-corrected chi connectivity index (χ3v) is 7.87. The first-order valence-corrected chi connectivity index (χ1v) is 13.2. The van der Waals surface area contributed by atoms with Crippen molar-refractivity contribution >= 4 is 33.3 Å². The number of para-hydroxylation sites is 1. The zero-order chi connectivity index (χ0) is 25.9. The summed E-state index contributed by atoms with van der Waals surface area (Å²) in [5, 5.41) is 6.04. The van der Waals surface area contributed by atoms with Crippen molar-refractivity contribution in [2.24, 2.45) is 0 Å². The van der Waals surface area contributed by atoms with Gasteiger partial charge in [0, 0.05) is 39.3 Å². The minimum atomic E-state index is 0.903. The summed E-state index contributed by atoms with van der Waals surface area (Å²) in [4.78, 5) is 4.62. The molecule has 0 amide bonds. The van der Waals surface area contributed by atoms with Crippen molar-refractivity contribution in [1.29, 1.82) is 0 Å². The Morgan fingerprint density at radius 3 is 2.23 bits per heavy atom. The maximum atomic E-state index is 6.56. The Morgan fingerprint density at radius 2 is 1.36 bits per heavy atom. The van der Waals surface area contributed by atoms with Crippen LogP contribution >= 0.6 is 0 Å². The molecule has 0 saturated carbocycles. The summed E-state index contributed by atoms with van der Waals surface area (Å²) in [6.45, 7) is 2.23. The number of nitrogens with zero attached hydrogens (tertiary/aromatic N) is 1. The van der Waals surface area contributed by atoms with Gasteiger partial charge in [0.1, 0.15) is 11.2 Å². The van der Waals surface area contributed by atoms with Gasteiger partial charge in [0.05, 0.1) is 11.4 Å². The van der Waals surface area contributed by atoms with E-state index in [-0.39, 0.29) is 0 Å². The lowest BCUT2D eigenvalue weighted by Gasteiger charge is -2.24. The van der Waals surface area contributed by atoms with E-state index < -0.39 is 0 Å². The average Bonchev–Trinajstić information content (AvgIpc) is 3.37. The van der Waals surface area contributed by atoms with E-state index >= 15 is 0 Å². The lowest BCUT2D eigenvalue weighted by Crippen LogP contribution is -2.03. The summed E-state index contributed by atoms with van der Waals surface area (Å²) < 4.78 is 6.56. The van der Waals surface area contributed by atoms with E-state index in [4.69, 9.17) is 4.42 Å². The van der Waals surface area contributed by atoms with Crippen molar-refractivity contribution in [2.45, 2.75) is 6.92 Å². The van der Waals surface area contributed by atoms with Gasteiger partial charge in [-0.05, 0) is 89.3 Å². The molecular weight excluding hydrogens is 476 g/mol. The molecule has 184 valence electrons. The standard InChI is InChI=1S/C36H24N2O/c1-22-28-20-25(23-9-3-2-4-10-23)21-29(22)35-33(17-15-27-26-11-5-6-13-34(26)39-36(27)35)38-32-16-14-24(19-30(28)32)31-12-7-8-18-37-31/h2-21,38H,1H3. The second kappa shape index (κ2) is 8.44. The van der Waals surface area contributed by atoms with Crippen molar-refractivity contribution in [2.75, 3.05) is 5.32 Å². The molecule has 1 N–H and O–H groups in total. The van der Waals surface area contributed by atoms with Gasteiger partial charge in [-0.15, -0.1) is 0 Å². The second-order valence-electron chi connectivity index (χ2n) is 10.1. The zero-order valence-corrected chi connectivity index (χ0v) is 21.4. The van der Waals surface area contributed by atoms with Gasteiger partial charge in [0.15, 0.2) is 0 Å². The number of benzene rings is 5. The van der Waals surface area contributed by atoms with Crippen LogP contribution in [0.15, 0.2) is 126 Å². The predicted octanol–water partition coefficient (Wildman–Crippen LogP) is 10.0. The molecule has 2 aromatic heterocycles. The van der Waals surface area contributed by atoms with Gasteiger partial charge in [-0.3, -0.25) is 4.98 Å². The Morgan fingerprint density at radius 1 is 0.590 bits per heavy atom. The maximum absolute atomic E-state index is 6.56. The van der Waals surface area contributed by atoms with E-state index in [9.17, 15) is 0 Å². The summed E-state index contributed by atoms with van der Waals surface area (Å²) in [7, 11) is 0. The van der Waals surface area contributed by atoms with E-state index in [0.717, 1.165) is 55.7 Å². The molecule has 7 aromatic rings. The zero-order valence-electron chi connectivity index (χ0n) is 21.4. The topological polar surface area (TPSA) is 38.1 Å². The van der Waals surface area contributed by atoms with Gasteiger partial charge < -0.3 is 9.73 Å². The van der Waals surface area contributed by atoms with E-state index in [1.807, 2.05) is 30.5 Å². The van der Waals surface area contributed by atoms with Gasteiger partial charge in [0.2, 0.25) is 0 Å². The fourth-order valence-electron chi connectivity index (χ4n) is 5.93. The van der Waals surface area contributed by atoms with Crippen LogP contribution < -0.4 is 5.32 Å². The molecule has 0 radical (unpaired) electrons. The number of anilines is 2. The molecule has 1 aliphatic rings. The van der Waals surface area contributed by atoms with Crippen LogP contribution in [0.2, 0.25) is 0 Å². The van der Waals surface area contributed by atoms with Crippen LogP contribution in [-0.4, -0.2) is 4.98 Å². The van der Waals surface area contributed by atoms with Crippen molar-refractivity contribution in [3.63, 3.8) is 0 Å². The Balaban J connectivity index is 1.47. The number of nitrogens with one attached hydrogen (secondary N) is 1. The molecule has 1 aliphatic heterocycles. The second-order valence-corrected chi connectivity index (χ2v) is 10.1. The SMILES string of the molecule is Cc1c2cc(-c3ccccc3)cc1-c1c(ccc3c1oc1ccccc13)Nc1ccc(-c3ccccn3)cc1-2. The quantitative estimate of drug-likeness (QED) is 0.257. The molecule has 8 rings (SSSR count). The lowest BCUT2D eigenvalue weighted by molar-refractivity contribution is 0.670. The summed E-state index contributed by atoms with van der Waals surface area (Å²) in [5.74, 6) is 0. The van der Waals surface area contributed by atoms with Crippen LogP contribution in [0.3, 0.4) is 0 Å². The van der Waals surface area contributed by atoms with Gasteiger partial charge in [-0.25, -0.2) is 0 Å². The van der Waals surface area contributed by atoms with E-state index in [2.05, 4.69) is 108 Å². The molecule has 0 spiro atoms. The molecule has 3 nitrogen and oxygen atoms in total. The Kier molecular flexibility index (Phi) is 4.74. The fraction of sp³-hybridized carbons (Fsp3) is 0.0278. The number of fused-ring (bicyclic) bond motifs is 10. The minimum Gasteiger partial charge on any atom is -0.455 e. The average molecular weight is 501 g/mol. The summed E-state index contributed by atoms with van der Waals surface area (Å²) in [6, 6.07) is 40.5. The van der Waals surface area contributed by atoms with Gasteiger partial charge >= 0.3 is 0 Å². The van der Waals surface area contributed by atoms with Crippen LogP contribution in [0.25, 0.3) is 66.6 Å². The molecule has 39 heavy (non-hydrogen) atoms. The van der Waals surface area contributed by atoms with Crippen LogP contribution in [0.1, 0.15) is 5.56 Å². The largest absolute Gasteiger partial charge is 0.455 e. The first kappa shape index (κ1) is 21.9. The van der Waals surface area contributed by atoms with Gasteiger partial charge in [0.25, 0.3) is 0 Å². The molecule has 0 unspecified atom stereocenters. The van der Waals surface area contributed by atoms with E-state index in [1.165, 1.54) is 27.8 Å². The minimum absolute atomic E-state index is 0.903. The van der Waals surface area contributed by atoms with Crippen molar-refractivity contribution < 1.29 is 4.42 Å². The highest BCUT2D eigenvalue weighted by Crippen LogP contribution is 2.49. The third kappa shape index (κ3) is 3.40.